The first kappa shape index (κ1) is 18.8. The molecule has 6 nitrogen and oxygen atoms in total. The zero-order valence-corrected chi connectivity index (χ0v) is 17.5. The van der Waals surface area contributed by atoms with E-state index in [1.54, 1.807) is 6.20 Å². The quantitative estimate of drug-likeness (QED) is 0.671. The van der Waals surface area contributed by atoms with Crippen LogP contribution in [-0.2, 0) is 0 Å². The number of halogens is 1. The lowest BCUT2D eigenvalue weighted by Crippen LogP contribution is -2.47. The van der Waals surface area contributed by atoms with E-state index in [0.717, 1.165) is 58.4 Å². The first-order valence-corrected chi connectivity index (χ1v) is 10.1. The maximum Gasteiger partial charge on any atom is 0.254 e. The molecule has 0 saturated carbocycles. The van der Waals surface area contributed by atoms with Crippen LogP contribution in [0, 0.1) is 6.92 Å². The van der Waals surface area contributed by atoms with Gasteiger partial charge in [-0.25, -0.2) is 9.97 Å². The number of fused-ring (bicyclic) bond motifs is 1. The molecule has 1 aliphatic heterocycles. The average Bonchev–Trinajstić information content (AvgIpc) is 2.70. The van der Waals surface area contributed by atoms with Crippen LogP contribution < -0.4 is 5.32 Å². The number of nitrogens with zero attached hydrogens (tertiary/aromatic N) is 4. The number of aryl methyl sites for hydroxylation is 1. The summed E-state index contributed by atoms with van der Waals surface area (Å²) in [6, 6.07) is 11.7. The van der Waals surface area contributed by atoms with Crippen molar-refractivity contribution in [1.29, 1.82) is 0 Å². The first-order valence-electron chi connectivity index (χ1n) is 9.28. The van der Waals surface area contributed by atoms with E-state index in [-0.39, 0.29) is 5.91 Å². The molecule has 4 rings (SSSR count). The second kappa shape index (κ2) is 7.85. The number of rotatable bonds is 3. The van der Waals surface area contributed by atoms with Crippen molar-refractivity contribution >= 4 is 44.4 Å². The van der Waals surface area contributed by atoms with Crippen LogP contribution in [0.5, 0.6) is 0 Å². The van der Waals surface area contributed by atoms with Crippen LogP contribution in [0.25, 0.3) is 10.9 Å². The highest BCUT2D eigenvalue weighted by Crippen LogP contribution is 2.24. The third-order valence-electron chi connectivity index (χ3n) is 5.08. The number of amides is 1. The molecule has 2 aromatic carbocycles. The number of nitrogens with one attached hydrogen (secondary N) is 1. The second-order valence-corrected chi connectivity index (χ2v) is 7.98. The average molecular weight is 440 g/mol. The van der Waals surface area contributed by atoms with Crippen molar-refractivity contribution in [2.24, 2.45) is 0 Å². The van der Waals surface area contributed by atoms with Gasteiger partial charge in [-0.2, -0.15) is 0 Å². The van der Waals surface area contributed by atoms with Gasteiger partial charge in [-0.3, -0.25) is 4.79 Å². The largest absolute Gasteiger partial charge is 0.336 e. The van der Waals surface area contributed by atoms with E-state index < -0.39 is 0 Å². The molecule has 1 amide bonds. The van der Waals surface area contributed by atoms with Crippen LogP contribution >= 0.6 is 15.9 Å². The van der Waals surface area contributed by atoms with Crippen molar-refractivity contribution in [3.05, 3.63) is 58.2 Å². The van der Waals surface area contributed by atoms with Gasteiger partial charge < -0.3 is 15.1 Å². The number of carbonyl (C=O) groups excluding carboxylic acids is 1. The molecular formula is C21H22BrN5O. The summed E-state index contributed by atoms with van der Waals surface area (Å²) in [5.74, 6) is 0.581. The normalized spacial score (nSPS) is 15.0. The number of hydrogen-bond donors (Lipinski definition) is 1. The molecule has 28 heavy (non-hydrogen) atoms. The van der Waals surface area contributed by atoms with Gasteiger partial charge in [0, 0.05) is 53.5 Å². The summed E-state index contributed by atoms with van der Waals surface area (Å²) < 4.78 is 0.922. The third-order valence-corrected chi connectivity index (χ3v) is 5.72. The Morgan fingerprint density at radius 1 is 1.14 bits per heavy atom. The van der Waals surface area contributed by atoms with E-state index in [9.17, 15) is 4.79 Å². The molecule has 1 saturated heterocycles. The van der Waals surface area contributed by atoms with Gasteiger partial charge >= 0.3 is 0 Å². The van der Waals surface area contributed by atoms with Crippen LogP contribution in [0.15, 0.2) is 47.1 Å². The Kier molecular flexibility index (Phi) is 5.28. The molecule has 0 bridgehead atoms. The molecular weight excluding hydrogens is 418 g/mol. The summed E-state index contributed by atoms with van der Waals surface area (Å²) in [5.41, 5.74) is 3.34. The minimum absolute atomic E-state index is 0.0800. The molecule has 144 valence electrons. The number of benzene rings is 2. The summed E-state index contributed by atoms with van der Waals surface area (Å²) in [5, 5.41) is 4.20. The smallest absolute Gasteiger partial charge is 0.254 e. The Bertz CT molecular complexity index is 1030. The molecule has 0 spiro atoms. The summed E-state index contributed by atoms with van der Waals surface area (Å²) in [7, 11) is 2.08. The number of para-hydroxylation sites is 1. The molecule has 0 atom stereocenters. The number of carbonyl (C=O) groups is 1. The predicted octanol–water partition coefficient (Wildman–Crippen LogP) is 3.83. The van der Waals surface area contributed by atoms with Gasteiger partial charge in [-0.05, 0) is 53.7 Å². The number of aromatic nitrogens is 2. The van der Waals surface area contributed by atoms with Gasteiger partial charge in [0.05, 0.1) is 5.52 Å². The molecule has 3 aromatic rings. The van der Waals surface area contributed by atoms with Crippen molar-refractivity contribution in [2.45, 2.75) is 6.92 Å². The topological polar surface area (TPSA) is 61.4 Å². The zero-order valence-electron chi connectivity index (χ0n) is 15.9. The van der Waals surface area contributed by atoms with E-state index >= 15 is 0 Å². The molecule has 0 radical (unpaired) electrons. The van der Waals surface area contributed by atoms with Gasteiger partial charge in [0.1, 0.15) is 0 Å². The fourth-order valence-electron chi connectivity index (χ4n) is 3.32. The fraction of sp³-hybridized carbons (Fsp3) is 0.286. The highest BCUT2D eigenvalue weighted by Gasteiger charge is 2.22. The highest BCUT2D eigenvalue weighted by molar-refractivity contribution is 9.10. The van der Waals surface area contributed by atoms with Crippen molar-refractivity contribution < 1.29 is 4.79 Å². The molecule has 1 N–H and O–H groups in total. The Morgan fingerprint density at radius 3 is 2.71 bits per heavy atom. The number of anilines is 2. The van der Waals surface area contributed by atoms with Crippen LogP contribution in [0.2, 0.25) is 0 Å². The van der Waals surface area contributed by atoms with Gasteiger partial charge in [0.25, 0.3) is 5.91 Å². The Labute approximate surface area is 172 Å². The molecule has 0 unspecified atom stereocenters. The minimum atomic E-state index is 0.0800. The van der Waals surface area contributed by atoms with E-state index in [1.165, 1.54) is 0 Å². The molecule has 0 aliphatic carbocycles. The van der Waals surface area contributed by atoms with Crippen molar-refractivity contribution in [1.82, 2.24) is 19.8 Å². The summed E-state index contributed by atoms with van der Waals surface area (Å²) in [4.78, 5) is 26.1. The predicted molar refractivity (Wildman–Crippen MR) is 115 cm³/mol. The van der Waals surface area contributed by atoms with Crippen LogP contribution in [0.1, 0.15) is 15.9 Å². The molecule has 2 heterocycles. The Hall–Kier alpha value is -2.51. The van der Waals surface area contributed by atoms with Gasteiger partial charge in [0.2, 0.25) is 5.95 Å². The standard InChI is InChI=1S/C21H22BrN5O/c1-14-6-7-16(12-17(14)20(28)27-10-8-26(2)9-11-27)24-21-23-13-15-4-3-5-18(22)19(15)25-21/h3-7,12-13H,8-11H2,1-2H3,(H,23,24,25). The van der Waals surface area contributed by atoms with E-state index in [1.807, 2.05) is 48.2 Å². The SMILES string of the molecule is Cc1ccc(Nc2ncc3cccc(Br)c3n2)cc1C(=O)N1CCN(C)CC1. The van der Waals surface area contributed by atoms with Crippen LogP contribution in [0.3, 0.4) is 0 Å². The fourth-order valence-corrected chi connectivity index (χ4v) is 3.79. The minimum Gasteiger partial charge on any atom is -0.336 e. The van der Waals surface area contributed by atoms with Crippen LogP contribution in [-0.4, -0.2) is 58.9 Å². The lowest BCUT2D eigenvalue weighted by atomic mass is 10.1. The van der Waals surface area contributed by atoms with Crippen molar-refractivity contribution in [3.8, 4) is 0 Å². The second-order valence-electron chi connectivity index (χ2n) is 7.12. The number of piperazine rings is 1. The molecule has 7 heteroatoms. The monoisotopic (exact) mass is 439 g/mol. The summed E-state index contributed by atoms with van der Waals surface area (Å²) >= 11 is 3.53. The van der Waals surface area contributed by atoms with E-state index in [4.69, 9.17) is 0 Å². The van der Waals surface area contributed by atoms with E-state index in [0.29, 0.717) is 5.95 Å². The van der Waals surface area contributed by atoms with Gasteiger partial charge in [-0.15, -0.1) is 0 Å². The molecule has 1 fully saturated rings. The number of hydrogen-bond acceptors (Lipinski definition) is 5. The van der Waals surface area contributed by atoms with Crippen LogP contribution in [0.4, 0.5) is 11.6 Å². The van der Waals surface area contributed by atoms with E-state index in [2.05, 4.69) is 43.2 Å². The maximum atomic E-state index is 13.0. The summed E-state index contributed by atoms with van der Waals surface area (Å²) in [6.45, 7) is 5.30. The molecule has 1 aliphatic rings. The Morgan fingerprint density at radius 2 is 1.93 bits per heavy atom. The lowest BCUT2D eigenvalue weighted by Gasteiger charge is -2.32. The first-order chi connectivity index (χ1) is 13.5. The maximum absolute atomic E-state index is 13.0. The third kappa shape index (κ3) is 3.86. The lowest BCUT2D eigenvalue weighted by molar-refractivity contribution is 0.0663. The Balaban J connectivity index is 1.58. The summed E-state index contributed by atoms with van der Waals surface area (Å²) in [6.07, 6.45) is 1.79. The zero-order chi connectivity index (χ0) is 19.7. The van der Waals surface area contributed by atoms with Crippen molar-refractivity contribution in [3.63, 3.8) is 0 Å². The van der Waals surface area contributed by atoms with Gasteiger partial charge in [-0.1, -0.05) is 18.2 Å². The molecule has 1 aromatic heterocycles. The highest BCUT2D eigenvalue weighted by atomic mass is 79.9. The van der Waals surface area contributed by atoms with Crippen molar-refractivity contribution in [2.75, 3.05) is 38.5 Å². The van der Waals surface area contributed by atoms with Gasteiger partial charge in [0.15, 0.2) is 0 Å². The number of likely N-dealkylation sites (N-methyl/N-ethyl adjacent to an activating group) is 1.